The minimum absolute atomic E-state index is 0.0534. The molecule has 0 aliphatic carbocycles. The lowest BCUT2D eigenvalue weighted by Gasteiger charge is -2.08. The van der Waals surface area contributed by atoms with Gasteiger partial charge in [-0.3, -0.25) is 9.59 Å². The van der Waals surface area contributed by atoms with Gasteiger partial charge in [-0.2, -0.15) is 0 Å². The molecule has 126 valence electrons. The molecule has 25 heavy (non-hydrogen) atoms. The third kappa shape index (κ3) is 4.05. The van der Waals surface area contributed by atoms with Crippen LogP contribution in [0.15, 0.2) is 71.4 Å². The Bertz CT molecular complexity index is 945. The summed E-state index contributed by atoms with van der Waals surface area (Å²) in [6.07, 6.45) is 1.64. The number of hydrogen-bond donors (Lipinski definition) is 2. The number of aromatic amines is 1. The number of rotatable bonds is 6. The SMILES string of the molecule is C=CCOc1cccc(NC(=O)c2ccc(-c3cccs3)[nH]c2=O)c1. The fourth-order valence-corrected chi connectivity index (χ4v) is 2.95. The summed E-state index contributed by atoms with van der Waals surface area (Å²) >= 11 is 1.52. The Labute approximate surface area is 148 Å². The molecule has 0 unspecified atom stereocenters. The van der Waals surface area contributed by atoms with Crippen molar-refractivity contribution in [2.75, 3.05) is 11.9 Å². The molecule has 0 saturated carbocycles. The monoisotopic (exact) mass is 352 g/mol. The van der Waals surface area contributed by atoms with Gasteiger partial charge >= 0.3 is 0 Å². The summed E-state index contributed by atoms with van der Waals surface area (Å²) in [6, 6.07) is 14.0. The molecule has 1 amide bonds. The van der Waals surface area contributed by atoms with Gasteiger partial charge in [0.05, 0.1) is 10.6 Å². The second-order valence-corrected chi connectivity index (χ2v) is 6.12. The normalized spacial score (nSPS) is 10.2. The number of anilines is 1. The Morgan fingerprint density at radius 3 is 2.84 bits per heavy atom. The molecule has 2 N–H and O–H groups in total. The number of hydrogen-bond acceptors (Lipinski definition) is 4. The van der Waals surface area contributed by atoms with Crippen LogP contribution in [0.25, 0.3) is 10.6 Å². The lowest BCUT2D eigenvalue weighted by atomic mass is 10.2. The van der Waals surface area contributed by atoms with Gasteiger partial charge in [0.1, 0.15) is 17.9 Å². The maximum atomic E-state index is 12.4. The Morgan fingerprint density at radius 1 is 1.24 bits per heavy atom. The first-order valence-corrected chi connectivity index (χ1v) is 8.47. The molecule has 0 saturated heterocycles. The summed E-state index contributed by atoms with van der Waals surface area (Å²) in [7, 11) is 0. The van der Waals surface area contributed by atoms with Gasteiger partial charge in [0.15, 0.2) is 0 Å². The minimum atomic E-state index is -0.472. The van der Waals surface area contributed by atoms with Crippen molar-refractivity contribution in [3.05, 3.63) is 82.5 Å². The molecule has 0 aliphatic rings. The smallest absolute Gasteiger partial charge is 0.261 e. The fraction of sp³-hybridized carbons (Fsp3) is 0.0526. The second kappa shape index (κ2) is 7.63. The standard InChI is InChI=1S/C19H16N2O3S/c1-2-10-24-14-6-3-5-13(12-14)20-18(22)15-8-9-16(21-19(15)23)17-7-4-11-25-17/h2-9,11-12H,1,10H2,(H,20,22)(H,21,23). The van der Waals surface area contributed by atoms with Gasteiger partial charge in [-0.1, -0.05) is 24.8 Å². The molecular weight excluding hydrogens is 336 g/mol. The highest BCUT2D eigenvalue weighted by Gasteiger charge is 2.12. The predicted octanol–water partition coefficient (Wildman–Crippen LogP) is 3.92. The van der Waals surface area contributed by atoms with Crippen LogP contribution in [0, 0.1) is 0 Å². The zero-order chi connectivity index (χ0) is 17.6. The van der Waals surface area contributed by atoms with E-state index in [1.165, 1.54) is 17.4 Å². The number of thiophene rings is 1. The predicted molar refractivity (Wildman–Crippen MR) is 100 cm³/mol. The third-order valence-electron chi connectivity index (χ3n) is 3.40. The Hall–Kier alpha value is -3.12. The zero-order valence-corrected chi connectivity index (χ0v) is 14.1. The zero-order valence-electron chi connectivity index (χ0n) is 13.3. The number of nitrogens with one attached hydrogen (secondary N) is 2. The number of aromatic nitrogens is 1. The van der Waals surface area contributed by atoms with Gasteiger partial charge < -0.3 is 15.0 Å². The molecule has 2 heterocycles. The summed E-state index contributed by atoms with van der Waals surface area (Å²) in [5.74, 6) is 0.138. The van der Waals surface area contributed by atoms with E-state index >= 15 is 0 Å². The second-order valence-electron chi connectivity index (χ2n) is 5.17. The topological polar surface area (TPSA) is 71.2 Å². The van der Waals surface area contributed by atoms with Crippen molar-refractivity contribution >= 4 is 22.9 Å². The van der Waals surface area contributed by atoms with E-state index in [4.69, 9.17) is 4.74 Å². The molecule has 0 radical (unpaired) electrons. The van der Waals surface area contributed by atoms with Crippen LogP contribution in [0.2, 0.25) is 0 Å². The molecule has 2 aromatic heterocycles. The van der Waals surface area contributed by atoms with E-state index in [1.54, 1.807) is 36.4 Å². The average molecular weight is 352 g/mol. The summed E-state index contributed by atoms with van der Waals surface area (Å²) < 4.78 is 5.43. The van der Waals surface area contributed by atoms with E-state index in [-0.39, 0.29) is 5.56 Å². The first kappa shape index (κ1) is 16.7. The van der Waals surface area contributed by atoms with Gasteiger partial charge in [0, 0.05) is 11.8 Å². The summed E-state index contributed by atoms with van der Waals surface area (Å²) in [5, 5.41) is 4.63. The number of benzene rings is 1. The maximum Gasteiger partial charge on any atom is 0.261 e. The van der Waals surface area contributed by atoms with E-state index in [2.05, 4.69) is 16.9 Å². The number of amides is 1. The van der Waals surface area contributed by atoms with E-state index in [1.807, 2.05) is 17.5 Å². The van der Waals surface area contributed by atoms with Crippen LogP contribution in [0.1, 0.15) is 10.4 Å². The Morgan fingerprint density at radius 2 is 2.12 bits per heavy atom. The van der Waals surface area contributed by atoms with Gasteiger partial charge in [-0.05, 0) is 35.7 Å². The van der Waals surface area contributed by atoms with Crippen molar-refractivity contribution in [1.82, 2.24) is 4.98 Å². The van der Waals surface area contributed by atoms with Gasteiger partial charge in [-0.15, -0.1) is 11.3 Å². The van der Waals surface area contributed by atoms with Crippen molar-refractivity contribution in [2.24, 2.45) is 0 Å². The lowest BCUT2D eigenvalue weighted by molar-refractivity contribution is 0.102. The van der Waals surface area contributed by atoms with Crippen LogP contribution in [0.4, 0.5) is 5.69 Å². The number of carbonyl (C=O) groups is 1. The van der Waals surface area contributed by atoms with Crippen molar-refractivity contribution in [2.45, 2.75) is 0 Å². The van der Waals surface area contributed by atoms with Crippen LogP contribution < -0.4 is 15.6 Å². The molecule has 0 fully saturated rings. The van der Waals surface area contributed by atoms with Crippen LogP contribution in [0.5, 0.6) is 5.75 Å². The highest BCUT2D eigenvalue weighted by molar-refractivity contribution is 7.13. The van der Waals surface area contributed by atoms with E-state index < -0.39 is 11.5 Å². The van der Waals surface area contributed by atoms with Gasteiger partial charge in [-0.25, -0.2) is 0 Å². The first-order chi connectivity index (χ1) is 12.2. The number of pyridine rings is 1. The number of ether oxygens (including phenoxy) is 1. The number of carbonyl (C=O) groups excluding carboxylic acids is 1. The quantitative estimate of drug-likeness (QED) is 0.661. The summed E-state index contributed by atoms with van der Waals surface area (Å²) in [5.41, 5.74) is 0.866. The van der Waals surface area contributed by atoms with Crippen LogP contribution in [-0.4, -0.2) is 17.5 Å². The van der Waals surface area contributed by atoms with Gasteiger partial charge in [0.2, 0.25) is 0 Å². The molecule has 0 aliphatic heterocycles. The highest BCUT2D eigenvalue weighted by atomic mass is 32.1. The van der Waals surface area contributed by atoms with Crippen molar-refractivity contribution in [3.8, 4) is 16.3 Å². The molecule has 5 nitrogen and oxygen atoms in total. The molecule has 0 bridgehead atoms. The van der Waals surface area contributed by atoms with Crippen molar-refractivity contribution < 1.29 is 9.53 Å². The Kier molecular flexibility index (Phi) is 5.11. The van der Waals surface area contributed by atoms with Gasteiger partial charge in [0.25, 0.3) is 11.5 Å². The summed E-state index contributed by atoms with van der Waals surface area (Å²) in [4.78, 5) is 28.3. The Balaban J connectivity index is 1.77. The molecule has 0 spiro atoms. The number of H-pyrrole nitrogens is 1. The highest BCUT2D eigenvalue weighted by Crippen LogP contribution is 2.22. The third-order valence-corrected chi connectivity index (χ3v) is 4.30. The van der Waals surface area contributed by atoms with Crippen LogP contribution >= 0.6 is 11.3 Å². The fourth-order valence-electron chi connectivity index (χ4n) is 2.25. The molecule has 3 rings (SSSR count). The van der Waals surface area contributed by atoms with E-state index in [0.717, 1.165) is 4.88 Å². The molecule has 3 aromatic rings. The lowest BCUT2D eigenvalue weighted by Crippen LogP contribution is -2.23. The van der Waals surface area contributed by atoms with Crippen molar-refractivity contribution in [3.63, 3.8) is 0 Å². The van der Waals surface area contributed by atoms with Crippen LogP contribution in [0.3, 0.4) is 0 Å². The molecule has 1 aromatic carbocycles. The van der Waals surface area contributed by atoms with Crippen LogP contribution in [-0.2, 0) is 0 Å². The molecule has 6 heteroatoms. The van der Waals surface area contributed by atoms with Crippen molar-refractivity contribution in [1.29, 1.82) is 0 Å². The van der Waals surface area contributed by atoms with E-state index in [9.17, 15) is 9.59 Å². The molecular formula is C19H16N2O3S. The summed E-state index contributed by atoms with van der Waals surface area (Å²) in [6.45, 7) is 3.97. The first-order valence-electron chi connectivity index (χ1n) is 7.59. The molecule has 0 atom stereocenters. The minimum Gasteiger partial charge on any atom is -0.489 e. The van der Waals surface area contributed by atoms with E-state index in [0.29, 0.717) is 23.7 Å². The maximum absolute atomic E-state index is 12.4. The average Bonchev–Trinajstić information content (AvgIpc) is 3.14. The largest absolute Gasteiger partial charge is 0.489 e.